The number of Topliss-reactive ketones (excluding diaryl/α,β-unsaturated/α-hetero) is 1. The molecule has 3 aromatic rings. The number of ketones is 1. The minimum absolute atomic E-state index is 0.0442. The summed E-state index contributed by atoms with van der Waals surface area (Å²) in [5.74, 6) is 2.04. The van der Waals surface area contributed by atoms with Gasteiger partial charge < -0.3 is 14.5 Å². The number of fused-ring (bicyclic) bond motifs is 1. The average Bonchev–Trinajstić information content (AvgIpc) is 3.27. The minimum atomic E-state index is -0.157. The van der Waals surface area contributed by atoms with Crippen LogP contribution in [-0.4, -0.2) is 24.3 Å². The number of furan rings is 1. The van der Waals surface area contributed by atoms with Crippen molar-refractivity contribution in [3.05, 3.63) is 76.7 Å². The highest BCUT2D eigenvalue weighted by molar-refractivity contribution is 6.00. The lowest BCUT2D eigenvalue weighted by Gasteiger charge is -2.11. The molecule has 0 radical (unpaired) electrons. The molecule has 2 heterocycles. The summed E-state index contributed by atoms with van der Waals surface area (Å²) in [6.45, 7) is 5.60. The van der Waals surface area contributed by atoms with Gasteiger partial charge in [-0.2, -0.15) is 0 Å². The van der Waals surface area contributed by atoms with Crippen LogP contribution in [0.1, 0.15) is 44.7 Å². The zero-order chi connectivity index (χ0) is 20.5. The summed E-state index contributed by atoms with van der Waals surface area (Å²) < 4.78 is 11.4. The smallest absolute Gasteiger partial charge is 0.254 e. The highest BCUT2D eigenvalue weighted by atomic mass is 16.5. The van der Waals surface area contributed by atoms with Crippen LogP contribution < -0.4 is 10.1 Å². The Hall–Kier alpha value is -3.34. The van der Waals surface area contributed by atoms with E-state index in [-0.39, 0.29) is 17.8 Å². The molecule has 0 bridgehead atoms. The molecule has 1 amide bonds. The molecule has 1 aliphatic heterocycles. The first-order chi connectivity index (χ1) is 13.9. The van der Waals surface area contributed by atoms with Crippen molar-refractivity contribution in [1.82, 2.24) is 5.32 Å². The van der Waals surface area contributed by atoms with E-state index in [2.05, 4.69) is 11.4 Å². The second-order valence-corrected chi connectivity index (χ2v) is 7.41. The van der Waals surface area contributed by atoms with Crippen LogP contribution in [0.2, 0.25) is 0 Å². The fourth-order valence-corrected chi connectivity index (χ4v) is 3.80. The van der Waals surface area contributed by atoms with E-state index in [1.807, 2.05) is 43.3 Å². The number of benzene rings is 2. The van der Waals surface area contributed by atoms with Crippen molar-refractivity contribution in [2.75, 3.05) is 6.54 Å². The van der Waals surface area contributed by atoms with Gasteiger partial charge >= 0.3 is 0 Å². The van der Waals surface area contributed by atoms with Gasteiger partial charge in [-0.1, -0.05) is 30.3 Å². The normalized spacial score (nSPS) is 14.9. The molecule has 0 spiro atoms. The highest BCUT2D eigenvalue weighted by Gasteiger charge is 2.25. The van der Waals surface area contributed by atoms with Crippen molar-refractivity contribution < 1.29 is 18.7 Å². The van der Waals surface area contributed by atoms with Gasteiger partial charge in [0.25, 0.3) is 5.91 Å². The first-order valence-corrected chi connectivity index (χ1v) is 9.67. The Balaban J connectivity index is 1.46. The second-order valence-electron chi connectivity index (χ2n) is 7.41. The lowest BCUT2D eigenvalue weighted by Crippen LogP contribution is -2.34. The number of hydrogen-bond acceptors (Lipinski definition) is 4. The fraction of sp³-hybridized carbons (Fsp3) is 0.250. The standard InChI is InChI=1S/C24H23NO4/c1-14-10-22(16(3)28-14)24(27)25-13-19-12-18-11-17(8-9-23(18)29-19)21-7-5-4-6-20(21)15(2)26/h4-11,19H,12-13H2,1-3H3,(H,25,27). The largest absolute Gasteiger partial charge is 0.488 e. The van der Waals surface area contributed by atoms with E-state index >= 15 is 0 Å². The predicted molar refractivity (Wildman–Crippen MR) is 111 cm³/mol. The quantitative estimate of drug-likeness (QED) is 0.653. The van der Waals surface area contributed by atoms with E-state index in [9.17, 15) is 9.59 Å². The number of carbonyl (C=O) groups is 2. The van der Waals surface area contributed by atoms with Gasteiger partial charge in [-0.25, -0.2) is 0 Å². The maximum atomic E-state index is 12.4. The Bertz CT molecular complexity index is 1100. The molecular formula is C24H23NO4. The monoisotopic (exact) mass is 389 g/mol. The topological polar surface area (TPSA) is 68.5 Å². The molecule has 1 aromatic heterocycles. The van der Waals surface area contributed by atoms with Crippen molar-refractivity contribution in [1.29, 1.82) is 0 Å². The van der Waals surface area contributed by atoms with Gasteiger partial charge in [-0.3, -0.25) is 9.59 Å². The first kappa shape index (κ1) is 19.0. The Kier molecular flexibility index (Phi) is 4.97. The molecule has 1 atom stereocenters. The van der Waals surface area contributed by atoms with Crippen LogP contribution in [0, 0.1) is 13.8 Å². The molecule has 148 valence electrons. The van der Waals surface area contributed by atoms with Crippen molar-refractivity contribution in [2.45, 2.75) is 33.3 Å². The summed E-state index contributed by atoms with van der Waals surface area (Å²) >= 11 is 0. The van der Waals surface area contributed by atoms with Gasteiger partial charge in [-0.15, -0.1) is 0 Å². The SMILES string of the molecule is CC(=O)c1ccccc1-c1ccc2c(c1)CC(CNC(=O)c1cc(C)oc1C)O2. The van der Waals surface area contributed by atoms with E-state index in [0.717, 1.165) is 28.2 Å². The van der Waals surface area contributed by atoms with Gasteiger partial charge in [0.05, 0.1) is 12.1 Å². The molecule has 5 heteroatoms. The third-order valence-electron chi connectivity index (χ3n) is 5.19. The van der Waals surface area contributed by atoms with Crippen molar-refractivity contribution >= 4 is 11.7 Å². The van der Waals surface area contributed by atoms with E-state index in [4.69, 9.17) is 9.15 Å². The lowest BCUT2D eigenvalue weighted by molar-refractivity contribution is 0.0931. The van der Waals surface area contributed by atoms with Crippen LogP contribution >= 0.6 is 0 Å². The Morgan fingerprint density at radius 3 is 2.59 bits per heavy atom. The highest BCUT2D eigenvalue weighted by Crippen LogP contribution is 2.34. The van der Waals surface area contributed by atoms with Crippen LogP contribution in [0.5, 0.6) is 5.75 Å². The number of ether oxygens (including phenoxy) is 1. The molecule has 5 nitrogen and oxygen atoms in total. The zero-order valence-corrected chi connectivity index (χ0v) is 16.7. The molecule has 0 saturated carbocycles. The van der Waals surface area contributed by atoms with E-state index < -0.39 is 0 Å². The molecule has 1 unspecified atom stereocenters. The zero-order valence-electron chi connectivity index (χ0n) is 16.7. The summed E-state index contributed by atoms with van der Waals surface area (Å²) in [5.41, 5.74) is 4.26. The number of rotatable bonds is 5. The van der Waals surface area contributed by atoms with Crippen molar-refractivity contribution in [2.24, 2.45) is 0 Å². The van der Waals surface area contributed by atoms with Crippen LogP contribution in [0.25, 0.3) is 11.1 Å². The third kappa shape index (κ3) is 3.81. The van der Waals surface area contributed by atoms with Gasteiger partial charge in [-0.05, 0) is 55.7 Å². The number of aryl methyl sites for hydroxylation is 2. The minimum Gasteiger partial charge on any atom is -0.488 e. The molecule has 2 aromatic carbocycles. The van der Waals surface area contributed by atoms with E-state index in [0.29, 0.717) is 29.9 Å². The summed E-state index contributed by atoms with van der Waals surface area (Å²) in [7, 11) is 0. The Morgan fingerprint density at radius 1 is 1.07 bits per heavy atom. The maximum absolute atomic E-state index is 12.4. The number of carbonyl (C=O) groups excluding carboxylic acids is 2. The molecule has 1 N–H and O–H groups in total. The fourth-order valence-electron chi connectivity index (χ4n) is 3.80. The van der Waals surface area contributed by atoms with Crippen LogP contribution in [0.15, 0.2) is 52.9 Å². The van der Waals surface area contributed by atoms with Gasteiger partial charge in [0.1, 0.15) is 23.4 Å². The van der Waals surface area contributed by atoms with Crippen LogP contribution in [-0.2, 0) is 6.42 Å². The van der Waals surface area contributed by atoms with Crippen molar-refractivity contribution in [3.63, 3.8) is 0 Å². The van der Waals surface area contributed by atoms with Gasteiger partial charge in [0, 0.05) is 12.0 Å². The summed E-state index contributed by atoms with van der Waals surface area (Å²) in [6.07, 6.45) is 0.579. The lowest BCUT2D eigenvalue weighted by atomic mass is 9.95. The van der Waals surface area contributed by atoms with Crippen LogP contribution in [0.4, 0.5) is 0 Å². The summed E-state index contributed by atoms with van der Waals surface area (Å²) in [4.78, 5) is 24.3. The third-order valence-corrected chi connectivity index (χ3v) is 5.19. The molecule has 0 fully saturated rings. The second kappa shape index (κ2) is 7.59. The van der Waals surface area contributed by atoms with E-state index in [1.54, 1.807) is 19.9 Å². The summed E-state index contributed by atoms with van der Waals surface area (Å²) in [6, 6.07) is 15.3. The van der Waals surface area contributed by atoms with Gasteiger partial charge in [0.2, 0.25) is 0 Å². The van der Waals surface area contributed by atoms with Crippen molar-refractivity contribution in [3.8, 4) is 16.9 Å². The molecule has 0 aliphatic carbocycles. The molecule has 1 aliphatic rings. The molecule has 4 rings (SSSR count). The van der Waals surface area contributed by atoms with E-state index in [1.165, 1.54) is 0 Å². The number of nitrogens with one attached hydrogen (secondary N) is 1. The summed E-state index contributed by atoms with van der Waals surface area (Å²) in [5, 5.41) is 2.93. The van der Waals surface area contributed by atoms with Crippen LogP contribution in [0.3, 0.4) is 0 Å². The number of hydrogen-bond donors (Lipinski definition) is 1. The Morgan fingerprint density at radius 2 is 1.86 bits per heavy atom. The Labute approximate surface area is 169 Å². The first-order valence-electron chi connectivity index (χ1n) is 9.67. The average molecular weight is 389 g/mol. The predicted octanol–water partition coefficient (Wildman–Crippen LogP) is 4.50. The molecule has 29 heavy (non-hydrogen) atoms. The van der Waals surface area contributed by atoms with Gasteiger partial charge in [0.15, 0.2) is 5.78 Å². The molecule has 0 saturated heterocycles. The molecular weight excluding hydrogens is 366 g/mol. The number of amides is 1. The maximum Gasteiger partial charge on any atom is 0.254 e.